The summed E-state index contributed by atoms with van der Waals surface area (Å²) in [5.74, 6) is 1.14. The fourth-order valence-corrected chi connectivity index (χ4v) is 2.77. The third kappa shape index (κ3) is 2.27. The summed E-state index contributed by atoms with van der Waals surface area (Å²) in [6, 6.07) is 7.87. The minimum absolute atomic E-state index is 0. The van der Waals surface area contributed by atoms with E-state index in [1.165, 1.54) is 0 Å². The molecule has 0 aromatic carbocycles. The van der Waals surface area contributed by atoms with E-state index >= 15 is 0 Å². The molecule has 6 nitrogen and oxygen atoms in total. The van der Waals surface area contributed by atoms with Crippen molar-refractivity contribution in [3.05, 3.63) is 48.2 Å². The number of rotatable bonds is 1. The quantitative estimate of drug-likeness (QED) is 0.581. The Morgan fingerprint density at radius 3 is 2.52 bits per heavy atom. The topological polar surface area (TPSA) is 82.0 Å². The lowest BCUT2D eigenvalue weighted by Crippen LogP contribution is -2.00. The highest BCUT2D eigenvalue weighted by Crippen LogP contribution is 2.34. The number of fused-ring (bicyclic) bond motifs is 3. The third-order valence-electron chi connectivity index (χ3n) is 3.69. The zero-order chi connectivity index (χ0) is 15.3. The molecule has 116 valence electrons. The van der Waals surface area contributed by atoms with Crippen LogP contribution >= 0.6 is 12.4 Å². The SMILES string of the molecule is Cc1ccc2c(-c3ccnc(C)n3)c3ccnc(N)n3c2n1.Cl. The summed E-state index contributed by atoms with van der Waals surface area (Å²) in [5, 5.41) is 1.00. The Morgan fingerprint density at radius 1 is 0.957 bits per heavy atom. The van der Waals surface area contributed by atoms with Gasteiger partial charge in [-0.25, -0.2) is 19.9 Å². The van der Waals surface area contributed by atoms with Crippen LogP contribution in [-0.4, -0.2) is 24.3 Å². The van der Waals surface area contributed by atoms with Crippen LogP contribution in [0, 0.1) is 13.8 Å². The number of anilines is 1. The van der Waals surface area contributed by atoms with Crippen molar-refractivity contribution < 1.29 is 0 Å². The molecule has 23 heavy (non-hydrogen) atoms. The fraction of sp³-hybridized carbons (Fsp3) is 0.125. The molecular weight excluding hydrogens is 312 g/mol. The van der Waals surface area contributed by atoms with E-state index in [2.05, 4.69) is 26.0 Å². The van der Waals surface area contributed by atoms with Gasteiger partial charge >= 0.3 is 0 Å². The average molecular weight is 327 g/mol. The molecule has 0 aliphatic heterocycles. The first-order chi connectivity index (χ1) is 10.6. The zero-order valence-electron chi connectivity index (χ0n) is 12.7. The first kappa shape index (κ1) is 15.2. The second-order valence-electron chi connectivity index (χ2n) is 5.21. The van der Waals surface area contributed by atoms with Crippen molar-refractivity contribution in [2.24, 2.45) is 0 Å². The van der Waals surface area contributed by atoms with Crippen LogP contribution in [0.15, 0.2) is 36.7 Å². The predicted octanol–water partition coefficient (Wildman–Crippen LogP) is 2.96. The molecule has 0 saturated carbocycles. The maximum atomic E-state index is 6.07. The van der Waals surface area contributed by atoms with Crippen LogP contribution in [0.4, 0.5) is 5.95 Å². The molecule has 0 bridgehead atoms. The third-order valence-corrected chi connectivity index (χ3v) is 3.69. The van der Waals surface area contributed by atoms with Crippen LogP contribution in [0.2, 0.25) is 0 Å². The largest absolute Gasteiger partial charge is 0.369 e. The Kier molecular flexibility index (Phi) is 3.61. The van der Waals surface area contributed by atoms with Gasteiger partial charge in [-0.3, -0.25) is 4.40 Å². The van der Waals surface area contributed by atoms with Crippen molar-refractivity contribution in [2.75, 3.05) is 5.73 Å². The second kappa shape index (κ2) is 5.48. The molecule has 0 amide bonds. The van der Waals surface area contributed by atoms with Crippen molar-refractivity contribution in [3.8, 4) is 11.3 Å². The van der Waals surface area contributed by atoms with Gasteiger partial charge in [0.2, 0.25) is 5.95 Å². The number of nitrogens with two attached hydrogens (primary N) is 1. The van der Waals surface area contributed by atoms with Gasteiger partial charge in [-0.05, 0) is 38.1 Å². The molecule has 0 fully saturated rings. The predicted molar refractivity (Wildman–Crippen MR) is 92.7 cm³/mol. The molecule has 0 spiro atoms. The standard InChI is InChI=1S/C16H14N6.ClH/c1-9-3-4-11-14(12-5-7-18-10(2)21-12)13-6-8-19-16(17)22(13)15(11)20-9;/h3-8H,1-2H3,(H2,17,19);1H. The van der Waals surface area contributed by atoms with Crippen LogP contribution in [-0.2, 0) is 0 Å². The number of halogens is 1. The summed E-state index contributed by atoms with van der Waals surface area (Å²) in [4.78, 5) is 17.5. The van der Waals surface area contributed by atoms with E-state index in [1.807, 2.05) is 36.4 Å². The Balaban J connectivity index is 0.00000156. The molecule has 2 N–H and O–H groups in total. The number of aryl methyl sites for hydroxylation is 2. The van der Waals surface area contributed by atoms with E-state index in [-0.39, 0.29) is 12.4 Å². The maximum Gasteiger partial charge on any atom is 0.206 e. The highest BCUT2D eigenvalue weighted by Gasteiger charge is 2.17. The zero-order valence-corrected chi connectivity index (χ0v) is 13.5. The molecule has 4 aromatic rings. The van der Waals surface area contributed by atoms with Crippen LogP contribution < -0.4 is 5.73 Å². The molecule has 0 saturated heterocycles. The van der Waals surface area contributed by atoms with Gasteiger partial charge in [0, 0.05) is 29.0 Å². The van der Waals surface area contributed by atoms with Crippen LogP contribution in [0.1, 0.15) is 11.5 Å². The van der Waals surface area contributed by atoms with E-state index < -0.39 is 0 Å². The number of nitrogen functional groups attached to an aromatic ring is 1. The molecule has 4 rings (SSSR count). The molecule has 0 aliphatic rings. The maximum absolute atomic E-state index is 6.07. The average Bonchev–Trinajstić information content (AvgIpc) is 2.82. The summed E-state index contributed by atoms with van der Waals surface area (Å²) in [7, 11) is 0. The van der Waals surface area contributed by atoms with E-state index in [0.717, 1.165) is 39.3 Å². The van der Waals surface area contributed by atoms with Crippen molar-refractivity contribution in [2.45, 2.75) is 13.8 Å². The molecule has 4 heterocycles. The number of hydrogen-bond acceptors (Lipinski definition) is 5. The van der Waals surface area contributed by atoms with Crippen molar-refractivity contribution in [3.63, 3.8) is 0 Å². The minimum Gasteiger partial charge on any atom is -0.369 e. The normalized spacial score (nSPS) is 10.9. The second-order valence-corrected chi connectivity index (χ2v) is 5.21. The summed E-state index contributed by atoms with van der Waals surface area (Å²) >= 11 is 0. The lowest BCUT2D eigenvalue weighted by molar-refractivity contribution is 1.06. The number of hydrogen-bond donors (Lipinski definition) is 1. The lowest BCUT2D eigenvalue weighted by Gasteiger charge is -2.02. The van der Waals surface area contributed by atoms with Gasteiger partial charge < -0.3 is 5.73 Å². The molecule has 0 aliphatic carbocycles. The van der Waals surface area contributed by atoms with Crippen molar-refractivity contribution in [1.82, 2.24) is 24.3 Å². The summed E-state index contributed by atoms with van der Waals surface area (Å²) in [6.07, 6.45) is 3.47. The lowest BCUT2D eigenvalue weighted by atomic mass is 10.1. The summed E-state index contributed by atoms with van der Waals surface area (Å²) < 4.78 is 1.87. The van der Waals surface area contributed by atoms with Gasteiger partial charge in [0.15, 0.2) is 0 Å². The van der Waals surface area contributed by atoms with Crippen LogP contribution in [0.25, 0.3) is 27.8 Å². The van der Waals surface area contributed by atoms with E-state index in [9.17, 15) is 0 Å². The van der Waals surface area contributed by atoms with Gasteiger partial charge in [-0.15, -0.1) is 12.4 Å². The Bertz CT molecular complexity index is 1020. The first-order valence-electron chi connectivity index (χ1n) is 6.97. The van der Waals surface area contributed by atoms with Crippen molar-refractivity contribution >= 4 is 34.9 Å². The molecular formula is C16H15ClN6. The summed E-state index contributed by atoms with van der Waals surface area (Å²) in [5.41, 5.74) is 10.6. The Morgan fingerprint density at radius 2 is 1.74 bits per heavy atom. The van der Waals surface area contributed by atoms with E-state index in [0.29, 0.717) is 5.95 Å². The monoisotopic (exact) mass is 326 g/mol. The van der Waals surface area contributed by atoms with E-state index in [1.54, 1.807) is 12.4 Å². The molecule has 4 aromatic heterocycles. The summed E-state index contributed by atoms with van der Waals surface area (Å²) in [6.45, 7) is 3.84. The highest BCUT2D eigenvalue weighted by molar-refractivity contribution is 6.04. The van der Waals surface area contributed by atoms with Crippen LogP contribution in [0.5, 0.6) is 0 Å². The van der Waals surface area contributed by atoms with Crippen molar-refractivity contribution in [1.29, 1.82) is 0 Å². The fourth-order valence-electron chi connectivity index (χ4n) is 2.77. The first-order valence-corrected chi connectivity index (χ1v) is 6.97. The highest BCUT2D eigenvalue weighted by atomic mass is 35.5. The van der Waals surface area contributed by atoms with Gasteiger partial charge in [0.1, 0.15) is 11.5 Å². The smallest absolute Gasteiger partial charge is 0.206 e. The van der Waals surface area contributed by atoms with Gasteiger partial charge in [-0.2, -0.15) is 0 Å². The number of aromatic nitrogens is 5. The Labute approximate surface area is 138 Å². The van der Waals surface area contributed by atoms with Gasteiger partial charge in [0.05, 0.1) is 11.2 Å². The molecule has 0 atom stereocenters. The molecule has 7 heteroatoms. The molecule has 0 radical (unpaired) electrons. The number of nitrogens with zero attached hydrogens (tertiary/aromatic N) is 5. The van der Waals surface area contributed by atoms with Gasteiger partial charge in [0.25, 0.3) is 0 Å². The molecule has 0 unspecified atom stereocenters. The number of pyridine rings is 1. The van der Waals surface area contributed by atoms with E-state index in [4.69, 9.17) is 5.73 Å². The Hall–Kier alpha value is -2.73. The van der Waals surface area contributed by atoms with Gasteiger partial charge in [-0.1, -0.05) is 0 Å². The minimum atomic E-state index is 0. The van der Waals surface area contributed by atoms with Crippen LogP contribution in [0.3, 0.4) is 0 Å².